The number of nitrogens with one attached hydrogen (secondary N) is 2. The third-order valence-corrected chi connectivity index (χ3v) is 16.4. The summed E-state index contributed by atoms with van der Waals surface area (Å²) in [5, 5.41) is 37.5. The molecule has 5 N–H and O–H groups in total. The SMILES string of the molecule is Cc1ncsc1-c1ccc(CNC(=O)[C@@H]2C[C@@H](O)CN2C(=O)[C@@H](NC(=O)COCCOCCOCCOCCOCCCC[C@@H]2Cc3cc(O)ccc3C3CC[C@]4(C)[C@@H](O)CC[C@H]4[C@@H]32)C(C)(C)C)cc1. The Morgan fingerprint density at radius 2 is 1.56 bits per heavy atom. The molecule has 3 aliphatic carbocycles. The lowest BCUT2D eigenvalue weighted by Gasteiger charge is -2.53. The van der Waals surface area contributed by atoms with E-state index in [0.717, 1.165) is 73.1 Å². The fraction of sp³-hybridized carbons (Fsp3) is 0.667. The fourth-order valence-electron chi connectivity index (χ4n) is 11.7. The average molecular weight is 991 g/mol. The number of rotatable bonds is 25. The zero-order valence-corrected chi connectivity index (χ0v) is 42.8. The minimum atomic E-state index is -0.956. The number of aryl methyl sites for hydroxylation is 1. The number of unbranched alkanes of at least 4 members (excludes halogenated alkanes) is 1. The number of phenols is 1. The number of likely N-dealkylation sites (tertiary alicyclic amines) is 1. The molecule has 0 bridgehead atoms. The molecule has 15 nitrogen and oxygen atoms in total. The summed E-state index contributed by atoms with van der Waals surface area (Å²) in [5.74, 6) is 1.29. The number of aliphatic hydroxyl groups is 2. The van der Waals surface area contributed by atoms with Gasteiger partial charge in [0.15, 0.2) is 0 Å². The van der Waals surface area contributed by atoms with Crippen LogP contribution >= 0.6 is 11.3 Å². The van der Waals surface area contributed by atoms with Crippen molar-refractivity contribution >= 4 is 29.1 Å². The number of carbonyl (C=O) groups is 3. The summed E-state index contributed by atoms with van der Waals surface area (Å²) in [5.41, 5.74) is 6.80. The summed E-state index contributed by atoms with van der Waals surface area (Å²) < 4.78 is 28.3. The maximum Gasteiger partial charge on any atom is 0.246 e. The molecule has 1 unspecified atom stereocenters. The molecule has 1 aromatic heterocycles. The first-order valence-corrected chi connectivity index (χ1v) is 26.5. The van der Waals surface area contributed by atoms with Gasteiger partial charge in [0.05, 0.1) is 81.1 Å². The van der Waals surface area contributed by atoms with E-state index in [1.165, 1.54) is 16.0 Å². The van der Waals surface area contributed by atoms with Crippen LogP contribution in [0.1, 0.15) is 107 Å². The van der Waals surface area contributed by atoms with E-state index in [-0.39, 0.29) is 56.8 Å². The highest BCUT2D eigenvalue weighted by atomic mass is 32.1. The van der Waals surface area contributed by atoms with Crippen LogP contribution in [0.5, 0.6) is 5.75 Å². The van der Waals surface area contributed by atoms with Gasteiger partial charge in [0, 0.05) is 26.1 Å². The summed E-state index contributed by atoms with van der Waals surface area (Å²) in [6.45, 7) is 13.6. The number of β-amino-alcohol motifs (C(OH)–C–C–N with tert-alkyl or cyclic N) is 1. The lowest BCUT2D eigenvalue weighted by atomic mass is 9.52. The molecule has 2 saturated carbocycles. The first-order valence-electron chi connectivity index (χ1n) is 25.6. The summed E-state index contributed by atoms with van der Waals surface area (Å²) in [4.78, 5) is 47.1. The van der Waals surface area contributed by atoms with Gasteiger partial charge < -0.3 is 54.5 Å². The molecular formula is C54H78N4O11S. The maximum atomic E-state index is 13.9. The van der Waals surface area contributed by atoms with Crippen LogP contribution in [0.25, 0.3) is 10.4 Å². The van der Waals surface area contributed by atoms with Crippen LogP contribution in [0, 0.1) is 35.5 Å². The summed E-state index contributed by atoms with van der Waals surface area (Å²) in [6.07, 6.45) is 7.49. The summed E-state index contributed by atoms with van der Waals surface area (Å²) in [6, 6.07) is 12.0. The van der Waals surface area contributed by atoms with E-state index < -0.39 is 35.4 Å². The largest absolute Gasteiger partial charge is 0.508 e. The molecule has 2 heterocycles. The minimum absolute atomic E-state index is 0.00974. The van der Waals surface area contributed by atoms with Gasteiger partial charge in [-0.2, -0.15) is 0 Å². The van der Waals surface area contributed by atoms with E-state index in [9.17, 15) is 29.7 Å². The molecule has 3 fully saturated rings. The number of ether oxygens (including phenoxy) is 5. The molecule has 3 amide bonds. The molecule has 0 spiro atoms. The van der Waals surface area contributed by atoms with Crippen molar-refractivity contribution in [1.82, 2.24) is 20.5 Å². The Kier molecular flexibility index (Phi) is 19.3. The zero-order valence-electron chi connectivity index (χ0n) is 42.0. The molecule has 2 aromatic carbocycles. The number of amides is 3. The molecule has 1 saturated heterocycles. The highest BCUT2D eigenvalue weighted by molar-refractivity contribution is 7.13. The quantitative estimate of drug-likeness (QED) is 0.0593. The van der Waals surface area contributed by atoms with Crippen LogP contribution in [-0.2, 0) is 51.0 Å². The molecular weight excluding hydrogens is 913 g/mol. The van der Waals surface area contributed by atoms with Crippen LogP contribution < -0.4 is 10.6 Å². The monoisotopic (exact) mass is 991 g/mol. The second-order valence-electron chi connectivity index (χ2n) is 21.2. The van der Waals surface area contributed by atoms with E-state index >= 15 is 0 Å². The predicted octanol–water partition coefficient (Wildman–Crippen LogP) is 6.33. The Morgan fingerprint density at radius 3 is 2.21 bits per heavy atom. The Hall–Kier alpha value is -4.00. The number of hydrogen-bond acceptors (Lipinski definition) is 13. The smallest absolute Gasteiger partial charge is 0.246 e. The van der Waals surface area contributed by atoms with Gasteiger partial charge in [-0.05, 0) is 121 Å². The average Bonchev–Trinajstić information content (AvgIpc) is 4.04. The number of aromatic nitrogens is 1. The highest BCUT2D eigenvalue weighted by Gasteiger charge is 2.56. The van der Waals surface area contributed by atoms with Crippen molar-refractivity contribution in [1.29, 1.82) is 0 Å². The summed E-state index contributed by atoms with van der Waals surface area (Å²) >= 11 is 1.58. The molecule has 1 aliphatic heterocycles. The van der Waals surface area contributed by atoms with Crippen molar-refractivity contribution in [3.8, 4) is 16.2 Å². The maximum absolute atomic E-state index is 13.9. The lowest BCUT2D eigenvalue weighted by molar-refractivity contribution is -0.144. The number of fused-ring (bicyclic) bond motifs is 5. The fourth-order valence-corrected chi connectivity index (χ4v) is 12.5. The van der Waals surface area contributed by atoms with Crippen molar-refractivity contribution in [2.75, 3.05) is 72.6 Å². The van der Waals surface area contributed by atoms with Crippen molar-refractivity contribution in [3.05, 3.63) is 70.4 Å². The van der Waals surface area contributed by atoms with Gasteiger partial charge in [-0.3, -0.25) is 14.4 Å². The lowest BCUT2D eigenvalue weighted by Crippen LogP contribution is -2.58. The third kappa shape index (κ3) is 13.7. The Morgan fingerprint density at radius 1 is 0.886 bits per heavy atom. The van der Waals surface area contributed by atoms with Crippen LogP contribution in [0.3, 0.4) is 0 Å². The first-order chi connectivity index (χ1) is 33.6. The van der Waals surface area contributed by atoms with Crippen LogP contribution in [0.15, 0.2) is 48.0 Å². The molecule has 0 radical (unpaired) electrons. The Balaban J connectivity index is 0.700. The minimum Gasteiger partial charge on any atom is -0.508 e. The molecule has 7 rings (SSSR count). The number of phenolic OH excluding ortho intramolecular Hbond substituents is 1. The molecule has 70 heavy (non-hydrogen) atoms. The van der Waals surface area contributed by atoms with Crippen LogP contribution in [0.4, 0.5) is 0 Å². The number of hydrogen-bond donors (Lipinski definition) is 5. The summed E-state index contributed by atoms with van der Waals surface area (Å²) in [7, 11) is 0. The number of thiazole rings is 1. The number of aliphatic hydroxyl groups excluding tert-OH is 2. The van der Waals surface area contributed by atoms with Crippen molar-refractivity contribution < 1.29 is 53.4 Å². The van der Waals surface area contributed by atoms with Gasteiger partial charge in [0.1, 0.15) is 24.4 Å². The molecule has 3 aromatic rings. The van der Waals surface area contributed by atoms with Crippen LogP contribution in [0.2, 0.25) is 0 Å². The molecule has 4 aliphatic rings. The number of benzene rings is 2. The first kappa shape index (κ1) is 53.8. The van der Waals surface area contributed by atoms with E-state index in [1.807, 2.05) is 69.6 Å². The van der Waals surface area contributed by atoms with Crippen molar-refractivity contribution in [2.45, 2.75) is 129 Å². The van der Waals surface area contributed by atoms with E-state index in [0.29, 0.717) is 75.7 Å². The highest BCUT2D eigenvalue weighted by Crippen LogP contribution is 2.62. The Bertz CT molecular complexity index is 2160. The van der Waals surface area contributed by atoms with E-state index in [4.69, 9.17) is 23.7 Å². The van der Waals surface area contributed by atoms with Gasteiger partial charge in [-0.15, -0.1) is 11.3 Å². The normalized spacial score (nSPS) is 25.5. The second kappa shape index (κ2) is 25.1. The standard InChI is InChI=1S/C54H78N4O11S/c1-35-49(70-34-56-35)37-11-9-36(10-12-37)31-55-51(63)45-30-41(60)32-58(45)52(64)50(53(2,3)4)57-47(62)33-69-27-26-68-25-24-67-23-22-66-21-20-65-19-7-6-8-38-28-39-29-40(59)13-14-42(39)43-17-18-54(5)44(48(38)43)15-16-46(54)61/h9-14,29,34,38,41,43-46,48,50,59-61H,6-8,15-28,30-33H2,1-5H3,(H,55,63)(H,57,62)/t38-,41-,43?,44+,45+,46+,48-,50-,54+/m1/s1. The van der Waals surface area contributed by atoms with Gasteiger partial charge in [0.2, 0.25) is 17.7 Å². The van der Waals surface area contributed by atoms with Crippen molar-refractivity contribution in [3.63, 3.8) is 0 Å². The van der Waals surface area contributed by atoms with E-state index in [2.05, 4.69) is 28.6 Å². The van der Waals surface area contributed by atoms with E-state index in [1.54, 1.807) is 11.3 Å². The number of carbonyl (C=O) groups excluding carboxylic acids is 3. The predicted molar refractivity (Wildman–Crippen MR) is 267 cm³/mol. The molecule has 386 valence electrons. The third-order valence-electron chi connectivity index (χ3n) is 15.4. The van der Waals surface area contributed by atoms with Gasteiger partial charge in [-0.1, -0.05) is 64.4 Å². The Labute approximate surface area is 418 Å². The zero-order chi connectivity index (χ0) is 49.8. The van der Waals surface area contributed by atoms with Crippen molar-refractivity contribution in [2.24, 2.45) is 28.6 Å². The van der Waals surface area contributed by atoms with Gasteiger partial charge >= 0.3 is 0 Å². The number of aromatic hydroxyl groups is 1. The molecule has 9 atom stereocenters. The van der Waals surface area contributed by atoms with Crippen LogP contribution in [-0.4, -0.2) is 140 Å². The topological polar surface area (TPSA) is 198 Å². The molecule has 16 heteroatoms. The van der Waals surface area contributed by atoms with Gasteiger partial charge in [0.25, 0.3) is 0 Å². The number of nitrogens with zero attached hydrogens (tertiary/aromatic N) is 2. The van der Waals surface area contributed by atoms with Gasteiger partial charge in [-0.25, -0.2) is 4.98 Å². The second-order valence-corrected chi connectivity index (χ2v) is 22.1.